The van der Waals surface area contributed by atoms with Crippen molar-refractivity contribution in [2.75, 3.05) is 13.2 Å². The lowest BCUT2D eigenvalue weighted by molar-refractivity contribution is 0.217. The smallest absolute Gasteiger partial charge is 0.141 e. The zero-order valence-electron chi connectivity index (χ0n) is 14.6. The second-order valence-electron chi connectivity index (χ2n) is 5.71. The largest absolute Gasteiger partial charge is 0.490 e. The summed E-state index contributed by atoms with van der Waals surface area (Å²) in [6.07, 6.45) is 4.74. The molecule has 134 valence electrons. The molecule has 2 aromatic carbocycles. The standard InChI is InChI=1S/C19H19BrN4O2/c1-14-3-5-18(9-15(14)2)25-7-8-26-19-6-4-17(20)10-16(19)11-23-24-12-21-22-13-24/h3-6,9-13H,7-8H2,1-2H3. The summed E-state index contributed by atoms with van der Waals surface area (Å²) in [4.78, 5) is 0. The molecular formula is C19H19BrN4O2. The molecule has 0 aliphatic carbocycles. The number of hydrogen-bond acceptors (Lipinski definition) is 5. The molecule has 0 amide bonds. The van der Waals surface area contributed by atoms with E-state index in [1.165, 1.54) is 28.5 Å². The number of ether oxygens (including phenoxy) is 2. The Bertz CT molecular complexity index is 895. The Balaban J connectivity index is 1.59. The molecule has 0 unspecified atom stereocenters. The van der Waals surface area contributed by atoms with Crippen LogP contribution in [0.5, 0.6) is 11.5 Å². The van der Waals surface area contributed by atoms with Crippen LogP contribution < -0.4 is 9.47 Å². The molecule has 0 N–H and O–H groups in total. The fourth-order valence-electron chi connectivity index (χ4n) is 2.25. The predicted molar refractivity (Wildman–Crippen MR) is 104 cm³/mol. The molecule has 0 aliphatic heterocycles. The van der Waals surface area contributed by atoms with Gasteiger partial charge in [-0.2, -0.15) is 5.10 Å². The number of aromatic nitrogens is 3. The first-order chi connectivity index (χ1) is 12.6. The maximum Gasteiger partial charge on any atom is 0.141 e. The normalized spacial score (nSPS) is 11.0. The lowest BCUT2D eigenvalue weighted by atomic mass is 10.1. The van der Waals surface area contributed by atoms with Crippen LogP contribution in [0.2, 0.25) is 0 Å². The molecule has 0 aliphatic rings. The molecular weight excluding hydrogens is 396 g/mol. The van der Waals surface area contributed by atoms with Gasteiger partial charge in [-0.3, -0.25) is 0 Å². The Kier molecular flexibility index (Phi) is 6.01. The van der Waals surface area contributed by atoms with Crippen LogP contribution in [0.3, 0.4) is 0 Å². The zero-order valence-corrected chi connectivity index (χ0v) is 16.2. The van der Waals surface area contributed by atoms with Gasteiger partial charge in [-0.25, -0.2) is 4.68 Å². The van der Waals surface area contributed by atoms with Gasteiger partial charge in [0, 0.05) is 10.0 Å². The Hall–Kier alpha value is -2.67. The maximum absolute atomic E-state index is 5.86. The molecule has 0 bridgehead atoms. The number of hydrogen-bond donors (Lipinski definition) is 0. The van der Waals surface area contributed by atoms with Crippen molar-refractivity contribution in [1.29, 1.82) is 0 Å². The first kappa shape index (κ1) is 18.1. The Morgan fingerprint density at radius 3 is 2.54 bits per heavy atom. The van der Waals surface area contributed by atoms with Crippen molar-refractivity contribution in [3.05, 3.63) is 70.2 Å². The van der Waals surface area contributed by atoms with Crippen molar-refractivity contribution >= 4 is 22.1 Å². The summed E-state index contributed by atoms with van der Waals surface area (Å²) < 4.78 is 14.1. The van der Waals surface area contributed by atoms with Gasteiger partial charge >= 0.3 is 0 Å². The van der Waals surface area contributed by atoms with Crippen LogP contribution in [0, 0.1) is 13.8 Å². The lowest BCUT2D eigenvalue weighted by Gasteiger charge is -2.11. The van der Waals surface area contributed by atoms with Crippen molar-refractivity contribution in [1.82, 2.24) is 14.9 Å². The Morgan fingerprint density at radius 2 is 1.77 bits per heavy atom. The average molecular weight is 415 g/mol. The number of halogens is 1. The summed E-state index contributed by atoms with van der Waals surface area (Å²) >= 11 is 3.47. The zero-order chi connectivity index (χ0) is 18.4. The predicted octanol–water partition coefficient (Wildman–Crippen LogP) is 4.00. The van der Waals surface area contributed by atoms with E-state index in [0.717, 1.165) is 21.5 Å². The molecule has 6 nitrogen and oxygen atoms in total. The van der Waals surface area contributed by atoms with E-state index in [0.29, 0.717) is 13.2 Å². The molecule has 0 fully saturated rings. The molecule has 1 heterocycles. The van der Waals surface area contributed by atoms with Crippen LogP contribution in [0.4, 0.5) is 0 Å². The van der Waals surface area contributed by atoms with Gasteiger partial charge < -0.3 is 9.47 Å². The summed E-state index contributed by atoms with van der Waals surface area (Å²) in [5.74, 6) is 1.58. The second kappa shape index (κ2) is 8.62. The highest BCUT2D eigenvalue weighted by molar-refractivity contribution is 9.10. The molecule has 0 radical (unpaired) electrons. The monoisotopic (exact) mass is 414 g/mol. The molecule has 0 saturated heterocycles. The minimum absolute atomic E-state index is 0.433. The van der Waals surface area contributed by atoms with E-state index >= 15 is 0 Å². The summed E-state index contributed by atoms with van der Waals surface area (Å²) in [6, 6.07) is 11.8. The van der Waals surface area contributed by atoms with Crippen molar-refractivity contribution in [2.45, 2.75) is 13.8 Å². The van der Waals surface area contributed by atoms with Crippen molar-refractivity contribution < 1.29 is 9.47 Å². The van der Waals surface area contributed by atoms with Crippen LogP contribution in [0.25, 0.3) is 0 Å². The molecule has 0 atom stereocenters. The molecule has 1 aromatic heterocycles. The summed E-state index contributed by atoms with van der Waals surface area (Å²) in [7, 11) is 0. The van der Waals surface area contributed by atoms with Gasteiger partial charge in [-0.1, -0.05) is 22.0 Å². The third kappa shape index (κ3) is 4.92. The second-order valence-corrected chi connectivity index (χ2v) is 6.63. The van der Waals surface area contributed by atoms with Crippen molar-refractivity contribution in [3.8, 4) is 11.5 Å². The minimum Gasteiger partial charge on any atom is -0.490 e. The molecule has 3 rings (SSSR count). The molecule has 0 spiro atoms. The van der Waals surface area contributed by atoms with Gasteiger partial charge in [0.2, 0.25) is 0 Å². The van der Waals surface area contributed by atoms with Crippen LogP contribution in [0.1, 0.15) is 16.7 Å². The highest BCUT2D eigenvalue weighted by Gasteiger charge is 2.04. The topological polar surface area (TPSA) is 61.5 Å². The van der Waals surface area contributed by atoms with Crippen molar-refractivity contribution in [2.24, 2.45) is 5.10 Å². The summed E-state index contributed by atoms with van der Waals surface area (Å²) in [6.45, 7) is 5.04. The van der Waals surface area contributed by atoms with Gasteiger partial charge in [-0.05, 0) is 55.3 Å². The minimum atomic E-state index is 0.433. The van der Waals surface area contributed by atoms with E-state index < -0.39 is 0 Å². The van der Waals surface area contributed by atoms with Crippen LogP contribution in [-0.4, -0.2) is 34.3 Å². The SMILES string of the molecule is Cc1ccc(OCCOc2ccc(Br)cc2C=Nn2cnnc2)cc1C. The third-order valence-corrected chi connectivity index (χ3v) is 4.29. The van der Waals surface area contributed by atoms with Gasteiger partial charge in [0.05, 0.1) is 6.21 Å². The summed E-state index contributed by atoms with van der Waals surface area (Å²) in [5, 5.41) is 11.7. The van der Waals surface area contributed by atoms with Gasteiger partial charge in [0.15, 0.2) is 0 Å². The Morgan fingerprint density at radius 1 is 1.00 bits per heavy atom. The van der Waals surface area contributed by atoms with Crippen LogP contribution in [-0.2, 0) is 0 Å². The first-order valence-corrected chi connectivity index (χ1v) is 8.92. The van der Waals surface area contributed by atoms with E-state index in [9.17, 15) is 0 Å². The van der Waals surface area contributed by atoms with E-state index in [1.54, 1.807) is 6.21 Å². The quantitative estimate of drug-likeness (QED) is 0.432. The van der Waals surface area contributed by atoms with Crippen molar-refractivity contribution in [3.63, 3.8) is 0 Å². The molecule has 26 heavy (non-hydrogen) atoms. The van der Waals surface area contributed by atoms with E-state index in [4.69, 9.17) is 9.47 Å². The van der Waals surface area contributed by atoms with Gasteiger partial charge in [-0.15, -0.1) is 10.2 Å². The highest BCUT2D eigenvalue weighted by atomic mass is 79.9. The first-order valence-electron chi connectivity index (χ1n) is 8.13. The van der Waals surface area contributed by atoms with Crippen LogP contribution in [0.15, 0.2) is 58.6 Å². The Labute approximate surface area is 160 Å². The number of aryl methyl sites for hydroxylation is 2. The third-order valence-electron chi connectivity index (χ3n) is 3.80. The van der Waals surface area contributed by atoms with E-state index in [2.05, 4.69) is 51.1 Å². The van der Waals surface area contributed by atoms with Crippen LogP contribution >= 0.6 is 15.9 Å². The summed E-state index contributed by atoms with van der Waals surface area (Å²) in [5.41, 5.74) is 3.31. The molecule has 0 saturated carbocycles. The van der Waals surface area contributed by atoms with E-state index in [-0.39, 0.29) is 0 Å². The number of rotatable bonds is 7. The van der Waals surface area contributed by atoms with Gasteiger partial charge in [0.1, 0.15) is 37.4 Å². The van der Waals surface area contributed by atoms with Gasteiger partial charge in [0.25, 0.3) is 0 Å². The number of benzene rings is 2. The lowest BCUT2D eigenvalue weighted by Crippen LogP contribution is -2.10. The average Bonchev–Trinajstić information content (AvgIpc) is 3.15. The van der Waals surface area contributed by atoms with E-state index in [1.807, 2.05) is 30.3 Å². The molecule has 3 aromatic rings. The fraction of sp³-hybridized carbons (Fsp3) is 0.211. The molecule has 7 heteroatoms. The maximum atomic E-state index is 5.86. The fourth-order valence-corrected chi connectivity index (χ4v) is 2.63. The highest BCUT2D eigenvalue weighted by Crippen LogP contribution is 2.22. The number of nitrogens with zero attached hydrogens (tertiary/aromatic N) is 4.